The van der Waals surface area contributed by atoms with E-state index in [1.807, 2.05) is 0 Å². The summed E-state index contributed by atoms with van der Waals surface area (Å²) in [6, 6.07) is 173. The lowest BCUT2D eigenvalue weighted by molar-refractivity contribution is 0.660. The van der Waals surface area contributed by atoms with Gasteiger partial charge in [0.15, 0.2) is 0 Å². The van der Waals surface area contributed by atoms with Gasteiger partial charge in [0.1, 0.15) is 0 Å². The molecule has 20 aromatic rings. The van der Waals surface area contributed by atoms with E-state index in [0.717, 1.165) is 32.9 Å². The van der Waals surface area contributed by atoms with Crippen LogP contribution in [-0.2, 0) is 21.7 Å². The van der Waals surface area contributed by atoms with E-state index in [2.05, 4.69) is 527 Å². The van der Waals surface area contributed by atoms with Crippen molar-refractivity contribution in [1.82, 2.24) is 0 Å². The number of benzene rings is 20. The van der Waals surface area contributed by atoms with Crippen LogP contribution in [0.5, 0.6) is 0 Å². The maximum atomic E-state index is 3.78. The topological polar surface area (TPSA) is 15.3 Å². The number of hydrogen-bond donors (Lipinski definition) is 1. The molecule has 612 valence electrons. The molecular formula is C125H95BrN2. The minimum Gasteiger partial charge on any atom is -0.355 e. The molecule has 0 saturated carbocycles. The highest BCUT2D eigenvalue weighted by Crippen LogP contribution is 2.61. The molecule has 0 amide bonds. The number of nitrogens with zero attached hydrogens (tertiary/aromatic N) is 1. The molecule has 0 heterocycles. The normalized spacial score (nSPS) is 13.5. The number of hydrogen-bond acceptors (Lipinski definition) is 2. The van der Waals surface area contributed by atoms with Gasteiger partial charge < -0.3 is 10.2 Å². The average Bonchev–Trinajstić information content (AvgIpc) is 1.54. The Kier molecular flexibility index (Phi) is 20.6. The molecule has 0 fully saturated rings. The summed E-state index contributed by atoms with van der Waals surface area (Å²) in [6.45, 7) is 9.41. The second-order valence-corrected chi connectivity index (χ2v) is 36.0. The fourth-order valence-electron chi connectivity index (χ4n) is 21.6. The van der Waals surface area contributed by atoms with E-state index in [0.29, 0.717) is 0 Å². The lowest BCUT2D eigenvalue weighted by Crippen LogP contribution is -2.28. The van der Waals surface area contributed by atoms with Crippen LogP contribution in [-0.4, -0.2) is 0 Å². The zero-order valence-electron chi connectivity index (χ0n) is 71.4. The van der Waals surface area contributed by atoms with Crippen LogP contribution < -0.4 is 10.2 Å². The largest absolute Gasteiger partial charge is 0.355 e. The third-order valence-electron chi connectivity index (χ3n) is 27.4. The Morgan fingerprint density at radius 1 is 0.219 bits per heavy atom. The summed E-state index contributed by atoms with van der Waals surface area (Å²) in [4.78, 5) is 2.53. The molecule has 0 aliphatic heterocycles. The summed E-state index contributed by atoms with van der Waals surface area (Å²) in [5.41, 5.74) is 40.6. The third-order valence-corrected chi connectivity index (χ3v) is 27.9. The van der Waals surface area contributed by atoms with E-state index in [4.69, 9.17) is 0 Å². The van der Waals surface area contributed by atoms with E-state index in [1.165, 1.54) is 177 Å². The van der Waals surface area contributed by atoms with Crippen LogP contribution in [0.4, 0.5) is 28.4 Å². The van der Waals surface area contributed by atoms with Gasteiger partial charge in [-0.3, -0.25) is 0 Å². The fourth-order valence-corrected chi connectivity index (χ4v) is 21.9. The SMILES string of the molecule is Brc1ccc2c(c1)C(c1ccccc1)(c1ccccc1)c1ccccc1-2.C.CC1(C)c2ccccc2-c2ccc(N(c3ccc4c(c3)C(c3ccccc3)(c3ccccc3)c3ccccc3-4)c3ccc(-c4cccc5ccccc45)cc3-c3ccccc3)cc21.CC1(C)c2ccccc2-c2ccc(Nc3ccc(-c4cccc5ccccc45)cc3-c3ccccc3)cc21. The Morgan fingerprint density at radius 3 is 1.02 bits per heavy atom. The van der Waals surface area contributed by atoms with Crippen LogP contribution in [0.15, 0.2) is 478 Å². The van der Waals surface area contributed by atoms with Crippen LogP contribution in [0.25, 0.3) is 111 Å². The first-order valence-corrected chi connectivity index (χ1v) is 45.0. The number of rotatable bonds is 13. The highest BCUT2D eigenvalue weighted by Gasteiger charge is 2.48. The molecule has 0 saturated heterocycles. The monoisotopic (exact) mass is 1700 g/mol. The predicted octanol–water partition coefficient (Wildman–Crippen LogP) is 34.0. The van der Waals surface area contributed by atoms with Gasteiger partial charge in [0.2, 0.25) is 0 Å². The van der Waals surface area contributed by atoms with Gasteiger partial charge >= 0.3 is 0 Å². The fraction of sp³-hybridized carbons (Fsp3) is 0.0720. The first-order valence-electron chi connectivity index (χ1n) is 44.2. The Bertz CT molecular complexity index is 7510. The van der Waals surface area contributed by atoms with Crippen LogP contribution in [0.3, 0.4) is 0 Å². The van der Waals surface area contributed by atoms with Gasteiger partial charge in [-0.1, -0.05) is 451 Å². The molecule has 0 bridgehead atoms. The zero-order chi connectivity index (χ0) is 85.4. The summed E-state index contributed by atoms with van der Waals surface area (Å²) >= 11 is 3.71. The Hall–Kier alpha value is -15.0. The molecule has 3 heteroatoms. The van der Waals surface area contributed by atoms with E-state index >= 15 is 0 Å². The van der Waals surface area contributed by atoms with E-state index in [-0.39, 0.29) is 23.7 Å². The smallest absolute Gasteiger partial charge is 0.0714 e. The third kappa shape index (κ3) is 13.4. The quantitative estimate of drug-likeness (QED) is 0.124. The Labute approximate surface area is 760 Å². The first kappa shape index (κ1) is 80.1. The second kappa shape index (κ2) is 32.8. The lowest BCUT2D eigenvalue weighted by Gasteiger charge is -2.35. The molecule has 1 N–H and O–H groups in total. The molecule has 0 unspecified atom stereocenters. The average molecular weight is 1710 g/mol. The van der Waals surface area contributed by atoms with Crippen molar-refractivity contribution in [2.45, 2.75) is 56.8 Å². The molecule has 20 aromatic carbocycles. The molecule has 24 rings (SSSR count). The summed E-state index contributed by atoms with van der Waals surface area (Å²) in [6.07, 6.45) is 0. The van der Waals surface area contributed by atoms with Crippen LogP contribution in [0.2, 0.25) is 0 Å². The molecule has 0 aromatic heterocycles. The molecule has 4 aliphatic rings. The maximum absolute atomic E-state index is 3.78. The molecule has 4 aliphatic carbocycles. The van der Waals surface area contributed by atoms with Crippen molar-refractivity contribution in [3.8, 4) is 89.0 Å². The Morgan fingerprint density at radius 2 is 0.547 bits per heavy atom. The minimum absolute atomic E-state index is 0. The molecule has 0 spiro atoms. The van der Waals surface area contributed by atoms with Crippen molar-refractivity contribution in [2.75, 3.05) is 10.2 Å². The highest BCUT2D eigenvalue weighted by atomic mass is 79.9. The number of nitrogens with one attached hydrogen (secondary N) is 1. The van der Waals surface area contributed by atoms with Crippen molar-refractivity contribution in [2.24, 2.45) is 0 Å². The lowest BCUT2D eigenvalue weighted by atomic mass is 9.67. The van der Waals surface area contributed by atoms with Crippen LogP contribution in [0.1, 0.15) is 102 Å². The maximum Gasteiger partial charge on any atom is 0.0714 e. The number of anilines is 5. The van der Waals surface area contributed by atoms with Gasteiger partial charge in [-0.05, 0) is 239 Å². The van der Waals surface area contributed by atoms with Crippen LogP contribution >= 0.6 is 15.9 Å². The van der Waals surface area contributed by atoms with Crippen molar-refractivity contribution >= 4 is 65.9 Å². The molecular weight excluding hydrogens is 1610 g/mol. The van der Waals surface area contributed by atoms with Crippen molar-refractivity contribution < 1.29 is 0 Å². The highest BCUT2D eigenvalue weighted by molar-refractivity contribution is 9.10. The number of halogens is 1. The summed E-state index contributed by atoms with van der Waals surface area (Å²) in [7, 11) is 0. The van der Waals surface area contributed by atoms with Crippen LogP contribution in [0, 0.1) is 0 Å². The van der Waals surface area contributed by atoms with Gasteiger partial charge in [0, 0.05) is 49.2 Å². The zero-order valence-corrected chi connectivity index (χ0v) is 72.9. The van der Waals surface area contributed by atoms with Gasteiger partial charge in [0.05, 0.1) is 16.5 Å². The van der Waals surface area contributed by atoms with E-state index in [1.54, 1.807) is 0 Å². The predicted molar refractivity (Wildman–Crippen MR) is 545 cm³/mol. The van der Waals surface area contributed by atoms with Gasteiger partial charge in [-0.25, -0.2) is 0 Å². The van der Waals surface area contributed by atoms with Crippen molar-refractivity contribution in [1.29, 1.82) is 0 Å². The first-order chi connectivity index (χ1) is 62.4. The summed E-state index contributed by atoms with van der Waals surface area (Å²) in [5, 5.41) is 8.80. The second-order valence-electron chi connectivity index (χ2n) is 35.0. The van der Waals surface area contributed by atoms with Crippen molar-refractivity contribution in [3.05, 3.63) is 544 Å². The Balaban J connectivity index is 0.000000129. The molecule has 0 radical (unpaired) electrons. The molecule has 128 heavy (non-hydrogen) atoms. The molecule has 0 atom stereocenters. The van der Waals surface area contributed by atoms with Gasteiger partial charge in [-0.15, -0.1) is 0 Å². The van der Waals surface area contributed by atoms with Crippen molar-refractivity contribution in [3.63, 3.8) is 0 Å². The number of fused-ring (bicyclic) bond motifs is 14. The minimum atomic E-state index is -0.530. The standard InChI is InChI=1S/C62H45N.C37H29N.C25H17Br.CH4/c1-61(2)56-31-16-14-28-51(56)53-36-34-47(40-58(53)61)63(60-38-33-44(39-55(60)43-19-6-3-7-20-43)50-30-18-22-42-21-12-13-27-49(42)50)48-35-37-54-52-29-15-17-32-57(52)62(59(54)41-48,45-23-8-4-9-24-45)46-25-10-5-11-26-46;1-37(2)34-18-9-8-16-31(34)32-21-20-28(24-35(32)37)38-36-22-19-27(23-33(36)26-11-4-3-5-12-26)30-17-10-14-25-13-6-7-15-29(25)30;26-20-15-16-22-21-13-7-8-14-23(21)25(24(22)17-20,18-9-3-1-4-10-18)19-11-5-2-6-12-19;/h3-41H,1-2H3;3-24,38H,1-2H3;1-17H;1H4. The van der Waals surface area contributed by atoms with Gasteiger partial charge in [-0.2, -0.15) is 0 Å². The van der Waals surface area contributed by atoms with E-state index in [9.17, 15) is 0 Å². The van der Waals surface area contributed by atoms with E-state index < -0.39 is 5.41 Å². The summed E-state index contributed by atoms with van der Waals surface area (Å²) < 4.78 is 1.11. The molecule has 2 nitrogen and oxygen atoms in total. The summed E-state index contributed by atoms with van der Waals surface area (Å²) in [5.74, 6) is 0. The van der Waals surface area contributed by atoms with Gasteiger partial charge in [0.25, 0.3) is 0 Å².